The summed E-state index contributed by atoms with van der Waals surface area (Å²) in [6.07, 6.45) is 3.13. The quantitative estimate of drug-likeness (QED) is 0.674. The van der Waals surface area contributed by atoms with Crippen LogP contribution in [0.5, 0.6) is 0 Å². The maximum atomic E-state index is 12.5. The Kier molecular flexibility index (Phi) is 5.34. The van der Waals surface area contributed by atoms with E-state index in [2.05, 4.69) is 23.7 Å². The summed E-state index contributed by atoms with van der Waals surface area (Å²) in [5.74, 6) is 0.350. The number of halogens is 1. The predicted molar refractivity (Wildman–Crippen MR) is 104 cm³/mol. The molecule has 0 saturated heterocycles. The molecule has 2 aromatic carbocycles. The van der Waals surface area contributed by atoms with Gasteiger partial charge in [0.1, 0.15) is 0 Å². The molecule has 0 unspecified atom stereocenters. The largest absolute Gasteiger partial charge is 0.276 e. The van der Waals surface area contributed by atoms with E-state index in [9.17, 15) is 8.42 Å². The fraction of sp³-hybridized carbons (Fsp3) is 0.211. The van der Waals surface area contributed by atoms with E-state index in [0.29, 0.717) is 23.2 Å². The minimum absolute atomic E-state index is 0.223. The predicted octanol–water partition coefficient (Wildman–Crippen LogP) is 4.51. The second kappa shape index (κ2) is 7.51. The van der Waals surface area contributed by atoms with Gasteiger partial charge in [0.25, 0.3) is 10.0 Å². The van der Waals surface area contributed by atoms with Crippen molar-refractivity contribution in [2.45, 2.75) is 31.2 Å². The van der Waals surface area contributed by atoms with E-state index >= 15 is 0 Å². The summed E-state index contributed by atoms with van der Waals surface area (Å²) in [7, 11) is -3.65. The zero-order valence-corrected chi connectivity index (χ0v) is 16.1. The molecule has 0 aliphatic carbocycles. The molecule has 0 atom stereocenters. The minimum Gasteiger partial charge on any atom is -0.276 e. The Bertz CT molecular complexity index is 996. The van der Waals surface area contributed by atoms with Gasteiger partial charge in [-0.15, -0.1) is 0 Å². The summed E-state index contributed by atoms with van der Waals surface area (Å²) in [6, 6.07) is 14.4. The highest BCUT2D eigenvalue weighted by molar-refractivity contribution is 7.92. The first-order valence-corrected chi connectivity index (χ1v) is 10.1. The smallest absolute Gasteiger partial charge is 0.261 e. The van der Waals surface area contributed by atoms with Gasteiger partial charge >= 0.3 is 0 Å². The molecule has 3 aromatic rings. The molecule has 0 amide bonds. The van der Waals surface area contributed by atoms with Crippen molar-refractivity contribution in [3.8, 4) is 0 Å². The van der Waals surface area contributed by atoms with E-state index in [4.69, 9.17) is 11.6 Å². The van der Waals surface area contributed by atoms with Gasteiger partial charge in [0.2, 0.25) is 0 Å². The van der Waals surface area contributed by atoms with Crippen LogP contribution in [0.3, 0.4) is 0 Å². The van der Waals surface area contributed by atoms with Crippen molar-refractivity contribution in [3.05, 3.63) is 77.1 Å². The van der Waals surface area contributed by atoms with Crippen molar-refractivity contribution in [3.63, 3.8) is 0 Å². The van der Waals surface area contributed by atoms with Crippen LogP contribution in [0, 0.1) is 0 Å². The molecule has 3 rings (SSSR count). The lowest BCUT2D eigenvalue weighted by Crippen LogP contribution is -2.12. The number of nitrogens with zero attached hydrogens (tertiary/aromatic N) is 2. The lowest BCUT2D eigenvalue weighted by Gasteiger charge is -2.09. The van der Waals surface area contributed by atoms with Gasteiger partial charge in [0.05, 0.1) is 23.3 Å². The molecule has 0 aliphatic rings. The van der Waals surface area contributed by atoms with Crippen molar-refractivity contribution in [1.29, 1.82) is 0 Å². The van der Waals surface area contributed by atoms with Crippen molar-refractivity contribution in [2.24, 2.45) is 0 Å². The fourth-order valence-electron chi connectivity index (χ4n) is 2.55. The molecule has 0 spiro atoms. The standard InChI is InChI=1S/C19H20ClN3O2S/c1-14(2)15-7-9-18(10-8-15)26(24,25)22-17-11-21-23(13-17)12-16-5-3-4-6-19(16)20/h3-11,13-14,22H,12H2,1-2H3. The van der Waals surface area contributed by atoms with E-state index in [1.54, 1.807) is 23.0 Å². The molecular formula is C19H20ClN3O2S. The van der Waals surface area contributed by atoms with Crippen molar-refractivity contribution in [1.82, 2.24) is 9.78 Å². The molecule has 1 aromatic heterocycles. The molecule has 136 valence electrons. The van der Waals surface area contributed by atoms with Crippen LogP contribution in [0.1, 0.15) is 30.9 Å². The Balaban J connectivity index is 1.74. The molecule has 1 heterocycles. The molecule has 26 heavy (non-hydrogen) atoms. The van der Waals surface area contributed by atoms with Gasteiger partial charge in [0.15, 0.2) is 0 Å². The molecule has 0 saturated carbocycles. The van der Waals surface area contributed by atoms with Gasteiger partial charge in [-0.3, -0.25) is 9.40 Å². The van der Waals surface area contributed by atoms with Crippen LogP contribution < -0.4 is 4.72 Å². The zero-order valence-electron chi connectivity index (χ0n) is 14.6. The van der Waals surface area contributed by atoms with Gasteiger partial charge in [-0.25, -0.2) is 8.42 Å². The van der Waals surface area contributed by atoms with E-state index < -0.39 is 10.0 Å². The molecule has 1 N–H and O–H groups in total. The number of nitrogens with one attached hydrogen (secondary N) is 1. The Morgan fingerprint density at radius 1 is 1.12 bits per heavy atom. The first-order chi connectivity index (χ1) is 12.3. The first kappa shape index (κ1) is 18.5. The van der Waals surface area contributed by atoms with Crippen molar-refractivity contribution >= 4 is 27.3 Å². The summed E-state index contributed by atoms with van der Waals surface area (Å²) in [6.45, 7) is 4.59. The minimum atomic E-state index is -3.65. The Morgan fingerprint density at radius 3 is 2.46 bits per heavy atom. The second-order valence-electron chi connectivity index (χ2n) is 6.35. The SMILES string of the molecule is CC(C)c1ccc(S(=O)(=O)Nc2cnn(Cc3ccccc3Cl)c2)cc1. The summed E-state index contributed by atoms with van der Waals surface area (Å²) in [4.78, 5) is 0.223. The van der Waals surface area contributed by atoms with E-state index in [1.165, 1.54) is 6.20 Å². The lowest BCUT2D eigenvalue weighted by atomic mass is 10.0. The number of rotatable bonds is 6. The number of hydrogen-bond donors (Lipinski definition) is 1. The van der Waals surface area contributed by atoms with Crippen LogP contribution in [-0.2, 0) is 16.6 Å². The van der Waals surface area contributed by atoms with Crippen LogP contribution in [0.4, 0.5) is 5.69 Å². The van der Waals surface area contributed by atoms with Crippen LogP contribution in [0.2, 0.25) is 5.02 Å². The van der Waals surface area contributed by atoms with Crippen LogP contribution in [-0.4, -0.2) is 18.2 Å². The molecule has 0 bridgehead atoms. The average molecular weight is 390 g/mol. The molecule has 0 aliphatic heterocycles. The molecule has 0 fully saturated rings. The highest BCUT2D eigenvalue weighted by atomic mass is 35.5. The van der Waals surface area contributed by atoms with E-state index in [1.807, 2.05) is 36.4 Å². The Labute approximate surface area is 158 Å². The third kappa shape index (κ3) is 4.26. The van der Waals surface area contributed by atoms with Gasteiger partial charge in [-0.05, 0) is 35.2 Å². The van der Waals surface area contributed by atoms with Crippen LogP contribution in [0.15, 0.2) is 65.8 Å². The van der Waals surface area contributed by atoms with Gasteiger partial charge in [-0.2, -0.15) is 5.10 Å². The van der Waals surface area contributed by atoms with Crippen LogP contribution >= 0.6 is 11.6 Å². The third-order valence-corrected chi connectivity index (χ3v) is 5.80. The third-order valence-electron chi connectivity index (χ3n) is 4.03. The van der Waals surface area contributed by atoms with Crippen molar-refractivity contribution in [2.75, 3.05) is 4.72 Å². The lowest BCUT2D eigenvalue weighted by molar-refractivity contribution is 0.601. The zero-order chi connectivity index (χ0) is 18.7. The summed E-state index contributed by atoms with van der Waals surface area (Å²) in [5, 5.41) is 4.85. The normalized spacial score (nSPS) is 11.7. The maximum Gasteiger partial charge on any atom is 0.261 e. The monoisotopic (exact) mass is 389 g/mol. The average Bonchev–Trinajstić information content (AvgIpc) is 3.03. The van der Waals surface area contributed by atoms with Crippen molar-refractivity contribution < 1.29 is 8.42 Å². The number of sulfonamides is 1. The summed E-state index contributed by atoms with van der Waals surface area (Å²) >= 11 is 6.15. The Hall–Kier alpha value is -2.31. The maximum absolute atomic E-state index is 12.5. The molecule has 0 radical (unpaired) electrons. The summed E-state index contributed by atoms with van der Waals surface area (Å²) < 4.78 is 29.3. The van der Waals surface area contributed by atoms with Gasteiger partial charge in [-0.1, -0.05) is 55.8 Å². The summed E-state index contributed by atoms with van der Waals surface area (Å²) in [5.41, 5.74) is 2.41. The molecule has 5 nitrogen and oxygen atoms in total. The number of anilines is 1. The molecule has 7 heteroatoms. The van der Waals surface area contributed by atoms with E-state index in [0.717, 1.165) is 11.1 Å². The second-order valence-corrected chi connectivity index (χ2v) is 8.44. The number of hydrogen-bond acceptors (Lipinski definition) is 3. The highest BCUT2D eigenvalue weighted by Crippen LogP contribution is 2.21. The topological polar surface area (TPSA) is 64.0 Å². The highest BCUT2D eigenvalue weighted by Gasteiger charge is 2.15. The van der Waals surface area contributed by atoms with Crippen LogP contribution in [0.25, 0.3) is 0 Å². The number of benzene rings is 2. The first-order valence-electron chi connectivity index (χ1n) is 8.24. The molecular weight excluding hydrogens is 370 g/mol. The Morgan fingerprint density at radius 2 is 1.81 bits per heavy atom. The number of aromatic nitrogens is 2. The van der Waals surface area contributed by atoms with Gasteiger partial charge in [0, 0.05) is 11.2 Å². The van der Waals surface area contributed by atoms with E-state index in [-0.39, 0.29) is 4.90 Å². The fourth-order valence-corrected chi connectivity index (χ4v) is 3.77. The van der Waals surface area contributed by atoms with Gasteiger partial charge < -0.3 is 0 Å².